The Balaban J connectivity index is 4.19. The second kappa shape index (κ2) is 8.42. The molecule has 0 bridgehead atoms. The van der Waals surface area contributed by atoms with Gasteiger partial charge in [-0.2, -0.15) is 0 Å². The van der Waals surface area contributed by atoms with Crippen LogP contribution in [0.15, 0.2) is 0 Å². The van der Waals surface area contributed by atoms with Gasteiger partial charge in [0, 0.05) is 0 Å². The Morgan fingerprint density at radius 2 is 1.65 bits per heavy atom. The van der Waals surface area contributed by atoms with Crippen LogP contribution < -0.4 is 0 Å². The molecule has 0 aromatic rings. The molecule has 0 spiro atoms. The summed E-state index contributed by atoms with van der Waals surface area (Å²) in [7, 11) is 1.84. The van der Waals surface area contributed by atoms with Crippen LogP contribution >= 0.6 is 10.0 Å². The lowest BCUT2D eigenvalue weighted by Gasteiger charge is -2.46. The molecule has 2 atom stereocenters. The molecule has 0 N–H and O–H groups in total. The van der Waals surface area contributed by atoms with Crippen molar-refractivity contribution in [3.8, 4) is 0 Å². The fraction of sp³-hybridized carbons (Fsp3) is 1.00. The van der Waals surface area contributed by atoms with Crippen LogP contribution in [0.5, 0.6) is 0 Å². The van der Waals surface area contributed by atoms with Crippen LogP contribution in [0.25, 0.3) is 0 Å². The van der Waals surface area contributed by atoms with Gasteiger partial charge in [-0.25, -0.2) is 10.0 Å². The Labute approximate surface area is 112 Å². The van der Waals surface area contributed by atoms with E-state index < -0.39 is 10.0 Å². The number of hydrogen-bond donors (Lipinski definition) is 0. The maximum Gasteiger partial charge on any atom is -0.00145 e. The monoisotopic (exact) mass is 261 g/mol. The predicted octanol–water partition coefficient (Wildman–Crippen LogP) is 4.36. The Bertz CT molecular complexity index is 193. The summed E-state index contributed by atoms with van der Waals surface area (Å²) in [6.45, 7) is 14.5. The Morgan fingerprint density at radius 3 is 2.06 bits per heavy atom. The van der Waals surface area contributed by atoms with Gasteiger partial charge < -0.3 is 4.90 Å². The molecule has 2 heteroatoms. The molecule has 0 radical (unpaired) electrons. The summed E-state index contributed by atoms with van der Waals surface area (Å²) in [6, 6.07) is 0. The minimum atomic E-state index is -0.422. The van der Waals surface area contributed by atoms with Crippen LogP contribution in [-0.4, -0.2) is 47.5 Å². The van der Waals surface area contributed by atoms with E-state index in [4.69, 9.17) is 0 Å². The van der Waals surface area contributed by atoms with Crippen LogP contribution in [0.3, 0.4) is 0 Å². The first-order valence-electron chi connectivity index (χ1n) is 7.30. The molecule has 1 unspecified atom stereocenters. The van der Waals surface area contributed by atoms with Crippen molar-refractivity contribution in [2.75, 3.05) is 32.1 Å². The number of hydrogen-bond acceptors (Lipinski definition) is 1. The molecule has 0 fully saturated rings. The van der Waals surface area contributed by atoms with E-state index in [-0.39, 0.29) is 0 Å². The van der Waals surface area contributed by atoms with Gasteiger partial charge in [-0.05, 0) is 61.9 Å². The summed E-state index contributed by atoms with van der Waals surface area (Å²) < 4.78 is 0. The first kappa shape index (κ1) is 17.3. The van der Waals surface area contributed by atoms with E-state index in [0.29, 0.717) is 0 Å². The number of nitrogens with zero attached hydrogens (tertiary/aromatic N) is 1. The zero-order valence-corrected chi connectivity index (χ0v) is 14.1. The first-order valence-corrected chi connectivity index (χ1v) is 9.64. The van der Waals surface area contributed by atoms with E-state index in [9.17, 15) is 0 Å². The molecule has 0 saturated heterocycles. The third-order valence-electron chi connectivity index (χ3n) is 4.30. The molecule has 0 aromatic heterocycles. The summed E-state index contributed by atoms with van der Waals surface area (Å²) in [5.74, 6) is 1.45. The van der Waals surface area contributed by atoms with Crippen molar-refractivity contribution in [1.82, 2.24) is 4.90 Å². The van der Waals surface area contributed by atoms with Crippen LogP contribution in [0.1, 0.15) is 53.9 Å². The molecule has 0 rings (SSSR count). The fourth-order valence-electron chi connectivity index (χ4n) is 2.42. The van der Waals surface area contributed by atoms with Crippen LogP contribution in [-0.2, 0) is 0 Å². The standard InChI is InChI=1S/C15H35NS/c1-8-11-16(6)12-10-13-17(7,14(3)4)15(5)9-2/h14-15H,8-13H2,1-7H3/t15-/m1/s1. The molecular formula is C15H35NS. The molecule has 1 nitrogen and oxygen atoms in total. The molecule has 0 aromatic carbocycles. The van der Waals surface area contributed by atoms with Gasteiger partial charge in [0.05, 0.1) is 0 Å². The summed E-state index contributed by atoms with van der Waals surface area (Å²) in [6.07, 6.45) is 6.57. The Morgan fingerprint density at radius 1 is 1.06 bits per heavy atom. The van der Waals surface area contributed by atoms with Gasteiger partial charge in [0.15, 0.2) is 0 Å². The molecule has 0 aliphatic heterocycles. The molecule has 0 heterocycles. The van der Waals surface area contributed by atoms with Crippen molar-refractivity contribution in [3.63, 3.8) is 0 Å². The zero-order chi connectivity index (χ0) is 13.5. The topological polar surface area (TPSA) is 3.24 Å². The third-order valence-corrected chi connectivity index (χ3v) is 9.79. The Kier molecular flexibility index (Phi) is 8.57. The van der Waals surface area contributed by atoms with Crippen molar-refractivity contribution in [2.24, 2.45) is 0 Å². The first-order chi connectivity index (χ1) is 7.88. The smallest absolute Gasteiger partial charge is 0.00145 e. The Hall–Kier alpha value is 0.310. The summed E-state index contributed by atoms with van der Waals surface area (Å²) >= 11 is 0. The van der Waals surface area contributed by atoms with Gasteiger partial charge in [0.2, 0.25) is 0 Å². The minimum absolute atomic E-state index is 0.422. The van der Waals surface area contributed by atoms with Crippen molar-refractivity contribution in [2.45, 2.75) is 64.4 Å². The van der Waals surface area contributed by atoms with E-state index in [1.807, 2.05) is 0 Å². The van der Waals surface area contributed by atoms with E-state index >= 15 is 0 Å². The molecule has 0 saturated carbocycles. The minimum Gasteiger partial charge on any atom is -0.306 e. The van der Waals surface area contributed by atoms with Gasteiger partial charge in [0.25, 0.3) is 0 Å². The van der Waals surface area contributed by atoms with Gasteiger partial charge in [0.1, 0.15) is 0 Å². The fourth-order valence-corrected chi connectivity index (χ4v) is 5.74. The lowest BCUT2D eigenvalue weighted by Crippen LogP contribution is -2.27. The van der Waals surface area contributed by atoms with Gasteiger partial charge in [-0.3, -0.25) is 0 Å². The van der Waals surface area contributed by atoms with Crippen molar-refractivity contribution in [1.29, 1.82) is 0 Å². The highest BCUT2D eigenvalue weighted by Gasteiger charge is 2.27. The highest BCUT2D eigenvalue weighted by molar-refractivity contribution is 8.34. The van der Waals surface area contributed by atoms with Crippen LogP contribution in [0.2, 0.25) is 0 Å². The summed E-state index contributed by atoms with van der Waals surface area (Å²) in [4.78, 5) is 2.48. The highest BCUT2D eigenvalue weighted by Crippen LogP contribution is 2.54. The second-order valence-corrected chi connectivity index (χ2v) is 10.5. The van der Waals surface area contributed by atoms with Crippen LogP contribution in [0, 0.1) is 0 Å². The second-order valence-electron chi connectivity index (χ2n) is 5.86. The average molecular weight is 262 g/mol. The lowest BCUT2D eigenvalue weighted by atomic mass is 10.4. The maximum atomic E-state index is 2.58. The summed E-state index contributed by atoms with van der Waals surface area (Å²) in [5, 5.41) is 1.79. The van der Waals surface area contributed by atoms with Crippen LogP contribution in [0.4, 0.5) is 0 Å². The van der Waals surface area contributed by atoms with E-state index in [2.05, 4.69) is 52.8 Å². The van der Waals surface area contributed by atoms with Gasteiger partial charge in [-0.15, -0.1) is 0 Å². The normalized spacial score (nSPS) is 19.4. The van der Waals surface area contributed by atoms with Gasteiger partial charge in [-0.1, -0.05) is 34.6 Å². The van der Waals surface area contributed by atoms with Crippen molar-refractivity contribution < 1.29 is 0 Å². The molecule has 106 valence electrons. The largest absolute Gasteiger partial charge is 0.306 e. The van der Waals surface area contributed by atoms with E-state index in [0.717, 1.165) is 10.5 Å². The SMILES string of the molecule is CCCN(C)CCCS(C)(C(C)C)[C@H](C)CC. The highest BCUT2D eigenvalue weighted by atomic mass is 32.3. The van der Waals surface area contributed by atoms with Crippen molar-refractivity contribution in [3.05, 3.63) is 0 Å². The molecule has 0 aliphatic rings. The summed E-state index contributed by atoms with van der Waals surface area (Å²) in [5.41, 5.74) is 0. The van der Waals surface area contributed by atoms with E-state index in [1.165, 1.54) is 38.1 Å². The third kappa shape index (κ3) is 5.65. The van der Waals surface area contributed by atoms with E-state index in [1.54, 1.807) is 0 Å². The lowest BCUT2D eigenvalue weighted by molar-refractivity contribution is 0.336. The molecule has 0 aliphatic carbocycles. The molecule has 0 amide bonds. The maximum absolute atomic E-state index is 2.58. The predicted molar refractivity (Wildman–Crippen MR) is 85.7 cm³/mol. The quantitative estimate of drug-likeness (QED) is 0.596. The van der Waals surface area contributed by atoms with Crippen molar-refractivity contribution >= 4 is 10.0 Å². The molecule has 17 heavy (non-hydrogen) atoms. The molecular weight excluding hydrogens is 226 g/mol. The van der Waals surface area contributed by atoms with Gasteiger partial charge >= 0.3 is 0 Å². The number of rotatable bonds is 9. The average Bonchev–Trinajstić information content (AvgIpc) is 2.27. The zero-order valence-electron chi connectivity index (χ0n) is 13.3.